The molecule has 0 unspecified atom stereocenters. The van der Waals surface area contributed by atoms with Gasteiger partial charge in [0.1, 0.15) is 11.3 Å². The van der Waals surface area contributed by atoms with Crippen LogP contribution in [0.15, 0.2) is 24.3 Å². The summed E-state index contributed by atoms with van der Waals surface area (Å²) < 4.78 is 6.43. The van der Waals surface area contributed by atoms with Crippen LogP contribution in [0.3, 0.4) is 0 Å². The van der Waals surface area contributed by atoms with Crippen molar-refractivity contribution in [1.29, 1.82) is 0 Å². The highest BCUT2D eigenvalue weighted by Crippen LogP contribution is 2.16. The van der Waals surface area contributed by atoms with Crippen LogP contribution in [0.5, 0.6) is 5.75 Å². The van der Waals surface area contributed by atoms with Gasteiger partial charge in [-0.1, -0.05) is 73.2 Å². The lowest BCUT2D eigenvalue weighted by molar-refractivity contribution is 0.0494. The quantitative estimate of drug-likeness (QED) is 0.242. The van der Waals surface area contributed by atoms with Crippen LogP contribution in [-0.4, -0.2) is 22.1 Å². The molecule has 0 heterocycles. The number of esters is 1. The number of benzene rings is 1. The van der Waals surface area contributed by atoms with Crippen LogP contribution in [0.1, 0.15) is 61.7 Å². The molecule has 0 aromatic heterocycles. The van der Waals surface area contributed by atoms with E-state index in [0.717, 1.165) is 12.8 Å². The van der Waals surface area contributed by atoms with E-state index >= 15 is 0 Å². The molecule has 0 radical (unpaired) electrons. The summed E-state index contributed by atoms with van der Waals surface area (Å²) in [7, 11) is 0. The number of hydrogen-bond acceptors (Lipinski definition) is 3. The normalized spacial score (nSPS) is 10.5. The predicted molar refractivity (Wildman–Crippen MR) is 94.2 cm³/mol. The second-order valence-electron chi connectivity index (χ2n) is 5.17. The number of aromatic hydroxyl groups is 1. The minimum atomic E-state index is -0.438. The lowest BCUT2D eigenvalue weighted by Crippen LogP contribution is -2.06. The van der Waals surface area contributed by atoms with Crippen molar-refractivity contribution in [2.24, 2.45) is 0 Å². The molecule has 1 rings (SSSR count). The van der Waals surface area contributed by atoms with E-state index in [9.17, 15) is 9.90 Å². The molecular weight excluding hydrogens is 379 g/mol. The number of carbonyl (C=O) groups is 1. The molecule has 21 heavy (non-hydrogen) atoms. The summed E-state index contributed by atoms with van der Waals surface area (Å²) in [6, 6.07) is 6.47. The van der Waals surface area contributed by atoms with Crippen molar-refractivity contribution >= 4 is 28.6 Å². The molecule has 1 aromatic carbocycles. The maximum absolute atomic E-state index is 11.7. The third kappa shape index (κ3) is 8.29. The van der Waals surface area contributed by atoms with Gasteiger partial charge in [0.15, 0.2) is 0 Å². The molecule has 3 nitrogen and oxygen atoms in total. The summed E-state index contributed by atoms with van der Waals surface area (Å²) in [4.78, 5) is 11.7. The van der Waals surface area contributed by atoms with E-state index < -0.39 is 5.97 Å². The third-order valence-electron chi connectivity index (χ3n) is 3.39. The van der Waals surface area contributed by atoms with Gasteiger partial charge >= 0.3 is 5.97 Å². The van der Waals surface area contributed by atoms with Gasteiger partial charge in [0.25, 0.3) is 0 Å². The van der Waals surface area contributed by atoms with Crippen molar-refractivity contribution in [2.45, 2.75) is 51.4 Å². The second-order valence-corrected chi connectivity index (χ2v) is 6.25. The summed E-state index contributed by atoms with van der Waals surface area (Å²) in [5.41, 5.74) is 0.243. The van der Waals surface area contributed by atoms with Gasteiger partial charge in [0, 0.05) is 0 Å². The van der Waals surface area contributed by atoms with Crippen molar-refractivity contribution in [3.05, 3.63) is 29.8 Å². The maximum Gasteiger partial charge on any atom is 0.341 e. The highest BCUT2D eigenvalue weighted by molar-refractivity contribution is 14.1. The Kier molecular flexibility index (Phi) is 10.3. The molecule has 4 heteroatoms. The van der Waals surface area contributed by atoms with E-state index in [4.69, 9.17) is 4.74 Å². The number of phenols is 1. The van der Waals surface area contributed by atoms with Crippen LogP contribution in [0, 0.1) is 0 Å². The summed E-state index contributed by atoms with van der Waals surface area (Å²) in [5, 5.41) is 9.54. The zero-order chi connectivity index (χ0) is 15.3. The molecule has 0 amide bonds. The molecule has 1 N–H and O–H groups in total. The SMILES string of the molecule is O=C(OCCCCCCCCCCI)c1ccccc1O. The molecule has 1 aromatic rings. The largest absolute Gasteiger partial charge is 0.507 e. The van der Waals surface area contributed by atoms with Crippen molar-refractivity contribution in [3.63, 3.8) is 0 Å². The molecule has 0 aliphatic carbocycles. The van der Waals surface area contributed by atoms with Gasteiger partial charge in [-0.25, -0.2) is 4.79 Å². The molecule has 0 aliphatic rings. The predicted octanol–water partition coefficient (Wildman–Crippen LogP) is 5.10. The van der Waals surface area contributed by atoms with Gasteiger partial charge in [0.05, 0.1) is 6.61 Å². The first kappa shape index (κ1) is 18.3. The molecular formula is C17H25IO3. The Labute approximate surface area is 141 Å². The Morgan fingerprint density at radius 1 is 0.952 bits per heavy atom. The smallest absolute Gasteiger partial charge is 0.341 e. The van der Waals surface area contributed by atoms with Crippen LogP contribution in [0.4, 0.5) is 0 Å². The second kappa shape index (κ2) is 11.8. The molecule has 0 fully saturated rings. The van der Waals surface area contributed by atoms with Crippen molar-refractivity contribution < 1.29 is 14.6 Å². The van der Waals surface area contributed by atoms with Crippen LogP contribution in [0.25, 0.3) is 0 Å². The molecule has 0 bridgehead atoms. The van der Waals surface area contributed by atoms with Gasteiger partial charge in [-0.05, 0) is 29.4 Å². The molecule has 0 saturated heterocycles. The average Bonchev–Trinajstić information content (AvgIpc) is 2.49. The number of ether oxygens (including phenoxy) is 1. The highest BCUT2D eigenvalue weighted by Gasteiger charge is 2.10. The number of alkyl halides is 1. The van der Waals surface area contributed by atoms with Crippen LogP contribution in [-0.2, 0) is 4.74 Å². The molecule has 0 spiro atoms. The first-order valence-corrected chi connectivity index (χ1v) is 9.29. The number of carbonyl (C=O) groups excluding carboxylic acids is 1. The van der Waals surface area contributed by atoms with Crippen molar-refractivity contribution in [2.75, 3.05) is 11.0 Å². The lowest BCUT2D eigenvalue weighted by atomic mass is 10.1. The molecule has 118 valence electrons. The van der Waals surface area contributed by atoms with Crippen molar-refractivity contribution in [1.82, 2.24) is 0 Å². The van der Waals surface area contributed by atoms with Crippen LogP contribution < -0.4 is 0 Å². The lowest BCUT2D eigenvalue weighted by Gasteiger charge is -2.06. The van der Waals surface area contributed by atoms with Crippen molar-refractivity contribution in [3.8, 4) is 5.75 Å². The van der Waals surface area contributed by atoms with Gasteiger partial charge in [-0.2, -0.15) is 0 Å². The third-order valence-corrected chi connectivity index (χ3v) is 4.15. The Balaban J connectivity index is 1.99. The number of phenolic OH excluding ortho intramolecular Hbond substituents is 1. The topological polar surface area (TPSA) is 46.5 Å². The number of rotatable bonds is 11. The van der Waals surface area contributed by atoms with Crippen LogP contribution >= 0.6 is 22.6 Å². The highest BCUT2D eigenvalue weighted by atomic mass is 127. The summed E-state index contributed by atoms with van der Waals surface area (Å²) >= 11 is 2.43. The molecule has 0 saturated carbocycles. The first-order chi connectivity index (χ1) is 10.3. The zero-order valence-corrected chi connectivity index (χ0v) is 14.7. The van der Waals surface area contributed by atoms with Gasteiger partial charge in [0.2, 0.25) is 0 Å². The Morgan fingerprint density at radius 3 is 2.14 bits per heavy atom. The monoisotopic (exact) mass is 404 g/mol. The fourth-order valence-corrected chi connectivity index (χ4v) is 2.69. The number of hydrogen-bond donors (Lipinski definition) is 1. The Bertz CT molecular complexity index is 407. The standard InChI is InChI=1S/C17H25IO3/c18-13-9-5-3-1-2-4-6-10-14-21-17(20)15-11-7-8-12-16(15)19/h7-8,11-12,19H,1-6,9-10,13-14H2. The van der Waals surface area contributed by atoms with E-state index in [1.807, 2.05) is 0 Å². The summed E-state index contributed by atoms with van der Waals surface area (Å²) in [6.07, 6.45) is 9.81. The fraction of sp³-hybridized carbons (Fsp3) is 0.588. The zero-order valence-electron chi connectivity index (χ0n) is 12.5. The van der Waals surface area contributed by atoms with Gasteiger partial charge in [-0.3, -0.25) is 0 Å². The number of unbranched alkanes of at least 4 members (excludes halogenated alkanes) is 7. The molecule has 0 aliphatic heterocycles. The maximum atomic E-state index is 11.7. The Morgan fingerprint density at radius 2 is 1.52 bits per heavy atom. The van der Waals surface area contributed by atoms with E-state index in [1.165, 1.54) is 49.0 Å². The summed E-state index contributed by atoms with van der Waals surface area (Å²) in [6.45, 7) is 0.433. The average molecular weight is 404 g/mol. The van der Waals surface area contributed by atoms with E-state index in [1.54, 1.807) is 18.2 Å². The minimum absolute atomic E-state index is 0.0194. The minimum Gasteiger partial charge on any atom is -0.507 e. The Hall–Kier alpha value is -0.780. The first-order valence-electron chi connectivity index (χ1n) is 7.77. The number of halogens is 1. The number of para-hydroxylation sites is 1. The van der Waals surface area contributed by atoms with E-state index in [0.29, 0.717) is 6.61 Å². The van der Waals surface area contributed by atoms with E-state index in [-0.39, 0.29) is 11.3 Å². The fourth-order valence-electron chi connectivity index (χ4n) is 2.15. The van der Waals surface area contributed by atoms with Crippen LogP contribution in [0.2, 0.25) is 0 Å². The molecule has 0 atom stereocenters. The van der Waals surface area contributed by atoms with E-state index in [2.05, 4.69) is 22.6 Å². The summed E-state index contributed by atoms with van der Waals surface area (Å²) in [5.74, 6) is -0.457. The van der Waals surface area contributed by atoms with Gasteiger partial charge < -0.3 is 9.84 Å². The van der Waals surface area contributed by atoms with Gasteiger partial charge in [-0.15, -0.1) is 0 Å².